The fourth-order valence-corrected chi connectivity index (χ4v) is 2.49. The first-order chi connectivity index (χ1) is 11.0. The van der Waals surface area contributed by atoms with Gasteiger partial charge in [0.25, 0.3) is 0 Å². The van der Waals surface area contributed by atoms with Gasteiger partial charge in [-0.05, 0) is 25.1 Å². The molecule has 2 aromatic carbocycles. The van der Waals surface area contributed by atoms with Crippen molar-refractivity contribution in [3.8, 4) is 0 Å². The second kappa shape index (κ2) is 5.68. The Morgan fingerprint density at radius 3 is 2.74 bits per heavy atom. The number of hydrogen-bond acceptors (Lipinski definition) is 3. The lowest BCUT2D eigenvalue weighted by Crippen LogP contribution is -2.14. The molecule has 5 nitrogen and oxygen atoms in total. The number of imidazole rings is 1. The van der Waals surface area contributed by atoms with Gasteiger partial charge in [0.05, 0.1) is 17.6 Å². The number of fused-ring (bicyclic) bond motifs is 1. The van der Waals surface area contributed by atoms with E-state index >= 15 is 0 Å². The van der Waals surface area contributed by atoms with Gasteiger partial charge in [0, 0.05) is 17.2 Å². The number of halogens is 2. The topological polar surface area (TPSA) is 76.4 Å². The van der Waals surface area contributed by atoms with Gasteiger partial charge in [-0.1, -0.05) is 17.3 Å². The third-order valence-electron chi connectivity index (χ3n) is 3.69. The van der Waals surface area contributed by atoms with Crippen LogP contribution < -0.4 is 5.73 Å². The maximum atomic E-state index is 14.2. The van der Waals surface area contributed by atoms with Gasteiger partial charge in [-0.15, -0.1) is 0 Å². The molecule has 3 N–H and O–H groups in total. The van der Waals surface area contributed by atoms with Crippen molar-refractivity contribution in [2.75, 3.05) is 0 Å². The predicted octanol–water partition coefficient (Wildman–Crippen LogP) is 2.77. The number of rotatable bonds is 3. The number of aromatic nitrogens is 2. The molecular weight excluding hydrogens is 302 g/mol. The normalized spacial score (nSPS) is 12.0. The summed E-state index contributed by atoms with van der Waals surface area (Å²) in [5, 5.41) is 11.5. The van der Waals surface area contributed by atoms with Crippen LogP contribution in [0.5, 0.6) is 0 Å². The highest BCUT2D eigenvalue weighted by Crippen LogP contribution is 2.20. The summed E-state index contributed by atoms with van der Waals surface area (Å²) in [4.78, 5) is 4.29. The SMILES string of the molecule is Cc1nc2cc(F)ccc2n1Cc1ccc(/C(N)=N/O)cc1F. The van der Waals surface area contributed by atoms with Crippen molar-refractivity contribution in [1.82, 2.24) is 9.55 Å². The lowest BCUT2D eigenvalue weighted by molar-refractivity contribution is 0.318. The molecule has 0 spiro atoms. The molecule has 0 saturated heterocycles. The van der Waals surface area contributed by atoms with Crippen molar-refractivity contribution in [2.24, 2.45) is 10.9 Å². The van der Waals surface area contributed by atoms with E-state index in [1.807, 2.05) is 0 Å². The molecule has 0 aliphatic rings. The summed E-state index contributed by atoms with van der Waals surface area (Å²) >= 11 is 0. The largest absolute Gasteiger partial charge is 0.409 e. The molecule has 3 aromatic rings. The highest BCUT2D eigenvalue weighted by molar-refractivity contribution is 5.97. The third-order valence-corrected chi connectivity index (χ3v) is 3.69. The number of hydrogen-bond donors (Lipinski definition) is 2. The first-order valence-corrected chi connectivity index (χ1v) is 6.88. The Morgan fingerprint density at radius 2 is 2.04 bits per heavy atom. The molecular formula is C16H14F2N4O. The maximum absolute atomic E-state index is 14.2. The van der Waals surface area contributed by atoms with Crippen molar-refractivity contribution in [3.05, 3.63) is 65.0 Å². The summed E-state index contributed by atoms with van der Waals surface area (Å²) in [7, 11) is 0. The molecule has 0 aliphatic heterocycles. The minimum Gasteiger partial charge on any atom is -0.409 e. The van der Waals surface area contributed by atoms with E-state index in [2.05, 4.69) is 10.1 Å². The van der Waals surface area contributed by atoms with E-state index in [1.54, 1.807) is 29.7 Å². The molecule has 0 amide bonds. The van der Waals surface area contributed by atoms with Crippen LogP contribution in [0.15, 0.2) is 41.6 Å². The second-order valence-electron chi connectivity index (χ2n) is 5.17. The molecule has 0 unspecified atom stereocenters. The summed E-state index contributed by atoms with van der Waals surface area (Å²) in [6.07, 6.45) is 0. The Hall–Kier alpha value is -2.96. The zero-order valence-corrected chi connectivity index (χ0v) is 12.3. The minimum absolute atomic E-state index is 0.157. The van der Waals surface area contributed by atoms with Crippen LogP contribution in [0.1, 0.15) is 17.0 Å². The molecule has 0 aliphatic carbocycles. The average molecular weight is 316 g/mol. The van der Waals surface area contributed by atoms with Crippen LogP contribution in [0.25, 0.3) is 11.0 Å². The van der Waals surface area contributed by atoms with Gasteiger partial charge in [0.2, 0.25) is 0 Å². The predicted molar refractivity (Wildman–Crippen MR) is 82.4 cm³/mol. The number of aryl methyl sites for hydroxylation is 1. The molecule has 23 heavy (non-hydrogen) atoms. The number of nitrogens with zero attached hydrogens (tertiary/aromatic N) is 3. The fraction of sp³-hybridized carbons (Fsp3) is 0.125. The van der Waals surface area contributed by atoms with Gasteiger partial charge in [-0.2, -0.15) is 0 Å². The van der Waals surface area contributed by atoms with Crippen LogP contribution >= 0.6 is 0 Å². The maximum Gasteiger partial charge on any atom is 0.170 e. The molecule has 0 saturated carbocycles. The van der Waals surface area contributed by atoms with Crippen molar-refractivity contribution in [3.63, 3.8) is 0 Å². The van der Waals surface area contributed by atoms with E-state index in [0.29, 0.717) is 22.5 Å². The van der Waals surface area contributed by atoms with Crippen molar-refractivity contribution in [2.45, 2.75) is 13.5 Å². The number of amidine groups is 1. The van der Waals surface area contributed by atoms with Crippen molar-refractivity contribution >= 4 is 16.9 Å². The smallest absolute Gasteiger partial charge is 0.170 e. The fourth-order valence-electron chi connectivity index (χ4n) is 2.49. The Morgan fingerprint density at radius 1 is 1.26 bits per heavy atom. The third kappa shape index (κ3) is 2.73. The van der Waals surface area contributed by atoms with Gasteiger partial charge >= 0.3 is 0 Å². The van der Waals surface area contributed by atoms with Crippen molar-refractivity contribution < 1.29 is 14.0 Å². The number of nitrogens with two attached hydrogens (primary N) is 1. The van der Waals surface area contributed by atoms with Crippen LogP contribution in [0, 0.1) is 18.6 Å². The average Bonchev–Trinajstić information content (AvgIpc) is 2.83. The highest BCUT2D eigenvalue weighted by Gasteiger charge is 2.12. The summed E-state index contributed by atoms with van der Waals surface area (Å²) in [6, 6.07) is 8.65. The Balaban J connectivity index is 2.01. The Bertz CT molecular complexity index is 918. The minimum atomic E-state index is -0.475. The molecule has 0 radical (unpaired) electrons. The Labute approximate surface area is 130 Å². The second-order valence-corrected chi connectivity index (χ2v) is 5.17. The van der Waals surface area contributed by atoms with Crippen LogP contribution in [0.3, 0.4) is 0 Å². The molecule has 1 heterocycles. The van der Waals surface area contributed by atoms with Crippen LogP contribution in [-0.4, -0.2) is 20.6 Å². The first-order valence-electron chi connectivity index (χ1n) is 6.88. The molecule has 0 bridgehead atoms. The van der Waals surface area contributed by atoms with E-state index in [9.17, 15) is 8.78 Å². The molecule has 0 fully saturated rings. The van der Waals surface area contributed by atoms with Gasteiger partial charge in [0.15, 0.2) is 5.84 Å². The van der Waals surface area contributed by atoms with Crippen molar-refractivity contribution in [1.29, 1.82) is 0 Å². The lowest BCUT2D eigenvalue weighted by atomic mass is 10.1. The Kier molecular flexibility index (Phi) is 3.69. The molecule has 118 valence electrons. The van der Waals surface area contributed by atoms with Gasteiger partial charge < -0.3 is 15.5 Å². The van der Waals surface area contributed by atoms with E-state index in [-0.39, 0.29) is 18.2 Å². The molecule has 0 atom stereocenters. The van der Waals surface area contributed by atoms with E-state index in [4.69, 9.17) is 10.9 Å². The summed E-state index contributed by atoms with van der Waals surface area (Å²) in [6.45, 7) is 2.02. The summed E-state index contributed by atoms with van der Waals surface area (Å²) in [5.41, 5.74) is 7.41. The van der Waals surface area contributed by atoms with E-state index < -0.39 is 5.82 Å². The van der Waals surface area contributed by atoms with Gasteiger partial charge in [-0.25, -0.2) is 13.8 Å². The van der Waals surface area contributed by atoms with Gasteiger partial charge in [0.1, 0.15) is 17.5 Å². The lowest BCUT2D eigenvalue weighted by Gasteiger charge is -2.09. The quantitative estimate of drug-likeness (QED) is 0.338. The highest BCUT2D eigenvalue weighted by atomic mass is 19.1. The first kappa shape index (κ1) is 15.0. The zero-order valence-electron chi connectivity index (χ0n) is 12.3. The standard InChI is InChI=1S/C16H14F2N4O/c1-9-20-14-7-12(17)4-5-15(14)22(9)8-11-3-2-10(6-13(11)18)16(19)21-23/h2-7,23H,8H2,1H3,(H2,19,21). The van der Waals surface area contributed by atoms with Crippen LogP contribution in [0.4, 0.5) is 8.78 Å². The van der Waals surface area contributed by atoms with E-state index in [1.165, 1.54) is 18.2 Å². The van der Waals surface area contributed by atoms with E-state index in [0.717, 1.165) is 5.52 Å². The number of oxime groups is 1. The number of benzene rings is 2. The summed E-state index contributed by atoms with van der Waals surface area (Å²) in [5.74, 6) is -0.338. The van der Waals surface area contributed by atoms with Gasteiger partial charge in [-0.3, -0.25) is 0 Å². The van der Waals surface area contributed by atoms with Crippen LogP contribution in [-0.2, 0) is 6.54 Å². The molecule has 7 heteroatoms. The molecule has 3 rings (SSSR count). The summed E-state index contributed by atoms with van der Waals surface area (Å²) < 4.78 is 29.3. The zero-order chi connectivity index (χ0) is 16.6. The molecule has 1 aromatic heterocycles. The monoisotopic (exact) mass is 316 g/mol. The van der Waals surface area contributed by atoms with Crippen LogP contribution in [0.2, 0.25) is 0 Å².